The van der Waals surface area contributed by atoms with Crippen LogP contribution in [0.1, 0.15) is 17.2 Å². The highest BCUT2D eigenvalue weighted by Crippen LogP contribution is 2.17. The summed E-state index contributed by atoms with van der Waals surface area (Å²) in [6.07, 6.45) is -1.62. The van der Waals surface area contributed by atoms with Crippen molar-refractivity contribution in [3.8, 4) is 0 Å². The van der Waals surface area contributed by atoms with Crippen LogP contribution in [0.25, 0.3) is 0 Å². The second-order valence-electron chi connectivity index (χ2n) is 4.81. The molecule has 1 atom stereocenters. The number of rotatable bonds is 6. The molecule has 0 aliphatic heterocycles. The summed E-state index contributed by atoms with van der Waals surface area (Å²) >= 11 is 0. The van der Waals surface area contributed by atoms with Crippen molar-refractivity contribution >= 4 is 11.8 Å². The van der Waals surface area contributed by atoms with Crippen molar-refractivity contribution in [3.63, 3.8) is 0 Å². The Balaban J connectivity index is 1.78. The fourth-order valence-corrected chi connectivity index (χ4v) is 1.89. The van der Waals surface area contributed by atoms with Crippen LogP contribution in [0, 0.1) is 10.1 Å². The van der Waals surface area contributed by atoms with Crippen LogP contribution in [-0.4, -0.2) is 22.7 Å². The molecule has 2 aromatic rings. The van der Waals surface area contributed by atoms with Gasteiger partial charge in [0.1, 0.15) is 6.61 Å². The van der Waals surface area contributed by atoms with Crippen LogP contribution in [-0.2, 0) is 11.3 Å². The molecule has 7 nitrogen and oxygen atoms in total. The maximum Gasteiger partial charge on any atom is 0.407 e. The number of hydrogen-bond acceptors (Lipinski definition) is 5. The first-order chi connectivity index (χ1) is 11.1. The number of aliphatic hydroxyl groups excluding tert-OH is 1. The van der Waals surface area contributed by atoms with Crippen molar-refractivity contribution < 1.29 is 19.6 Å². The van der Waals surface area contributed by atoms with Crippen molar-refractivity contribution in [2.24, 2.45) is 0 Å². The molecule has 0 saturated carbocycles. The number of aliphatic hydroxyl groups is 1. The van der Waals surface area contributed by atoms with Gasteiger partial charge in [0, 0.05) is 12.1 Å². The number of alkyl carbamates (subject to hydrolysis) is 1. The lowest BCUT2D eigenvalue weighted by atomic mass is 10.1. The lowest BCUT2D eigenvalue weighted by Gasteiger charge is -2.12. The Kier molecular flexibility index (Phi) is 5.65. The highest BCUT2D eigenvalue weighted by Gasteiger charge is 2.12. The van der Waals surface area contributed by atoms with Gasteiger partial charge in [-0.2, -0.15) is 0 Å². The van der Waals surface area contributed by atoms with Crippen molar-refractivity contribution in [2.75, 3.05) is 6.54 Å². The summed E-state index contributed by atoms with van der Waals surface area (Å²) in [7, 11) is 0. The number of amides is 1. The van der Waals surface area contributed by atoms with Crippen molar-refractivity contribution in [1.82, 2.24) is 5.32 Å². The first-order valence-electron chi connectivity index (χ1n) is 6.93. The van der Waals surface area contributed by atoms with Crippen LogP contribution in [0.4, 0.5) is 10.5 Å². The number of non-ortho nitro benzene ring substituents is 1. The molecule has 1 unspecified atom stereocenters. The minimum atomic E-state index is -0.972. The van der Waals surface area contributed by atoms with E-state index in [0.717, 1.165) is 5.56 Å². The molecule has 0 saturated heterocycles. The minimum Gasteiger partial charge on any atom is -0.445 e. The molecule has 0 aromatic heterocycles. The third-order valence-corrected chi connectivity index (χ3v) is 3.14. The average Bonchev–Trinajstić information content (AvgIpc) is 2.58. The molecular weight excluding hydrogens is 300 g/mol. The molecular formula is C16H16N2O5. The van der Waals surface area contributed by atoms with E-state index < -0.39 is 17.1 Å². The van der Waals surface area contributed by atoms with Crippen molar-refractivity contribution in [3.05, 3.63) is 75.8 Å². The van der Waals surface area contributed by atoms with Gasteiger partial charge in [-0.1, -0.05) is 30.3 Å². The van der Waals surface area contributed by atoms with E-state index in [1.165, 1.54) is 24.3 Å². The first-order valence-corrected chi connectivity index (χ1v) is 6.93. The van der Waals surface area contributed by atoms with E-state index in [0.29, 0.717) is 5.56 Å². The molecule has 0 aliphatic rings. The lowest BCUT2D eigenvalue weighted by Crippen LogP contribution is -2.28. The highest BCUT2D eigenvalue weighted by atomic mass is 16.6. The molecule has 2 N–H and O–H groups in total. The second-order valence-corrected chi connectivity index (χ2v) is 4.81. The van der Waals surface area contributed by atoms with Gasteiger partial charge >= 0.3 is 6.09 Å². The standard InChI is InChI=1S/C16H16N2O5/c19-15(13-6-8-14(9-7-13)18(21)22)10-17-16(20)23-11-12-4-2-1-3-5-12/h1-9,15,19H,10-11H2,(H,17,20). The number of nitro groups is 1. The monoisotopic (exact) mass is 316 g/mol. The molecule has 2 rings (SSSR count). The Labute approximate surface area is 132 Å². The molecule has 0 fully saturated rings. The van der Waals surface area contributed by atoms with Gasteiger partial charge in [0.25, 0.3) is 5.69 Å². The SMILES string of the molecule is O=C(NCC(O)c1ccc([N+](=O)[O-])cc1)OCc1ccccc1. The van der Waals surface area contributed by atoms with Crippen LogP contribution in [0.5, 0.6) is 0 Å². The van der Waals surface area contributed by atoms with Gasteiger partial charge in [0.05, 0.1) is 17.6 Å². The van der Waals surface area contributed by atoms with Crippen LogP contribution in [0.2, 0.25) is 0 Å². The molecule has 1 amide bonds. The molecule has 0 bridgehead atoms. The molecule has 23 heavy (non-hydrogen) atoms. The normalized spacial score (nSPS) is 11.5. The summed E-state index contributed by atoms with van der Waals surface area (Å²) in [5, 5.41) is 22.9. The minimum absolute atomic E-state index is 0.0502. The summed E-state index contributed by atoms with van der Waals surface area (Å²) in [6, 6.07) is 14.7. The Hall–Kier alpha value is -2.93. The fraction of sp³-hybridized carbons (Fsp3) is 0.188. The first kappa shape index (κ1) is 16.4. The Morgan fingerprint density at radius 2 is 1.83 bits per heavy atom. The maximum absolute atomic E-state index is 11.6. The molecule has 7 heteroatoms. The summed E-state index contributed by atoms with van der Waals surface area (Å²) in [4.78, 5) is 21.6. The van der Waals surface area contributed by atoms with Crippen LogP contribution < -0.4 is 5.32 Å². The van der Waals surface area contributed by atoms with E-state index in [9.17, 15) is 20.0 Å². The summed E-state index contributed by atoms with van der Waals surface area (Å²) in [5.74, 6) is 0. The molecule has 0 aliphatic carbocycles. The predicted octanol–water partition coefficient (Wildman–Crippen LogP) is 2.55. The zero-order valence-corrected chi connectivity index (χ0v) is 12.2. The zero-order chi connectivity index (χ0) is 16.7. The number of nitrogens with one attached hydrogen (secondary N) is 1. The number of hydrogen-bond donors (Lipinski definition) is 2. The molecule has 2 aromatic carbocycles. The van der Waals surface area contributed by atoms with Crippen molar-refractivity contribution in [2.45, 2.75) is 12.7 Å². The molecule has 0 radical (unpaired) electrons. The maximum atomic E-state index is 11.6. The van der Waals surface area contributed by atoms with Gasteiger partial charge in [-0.05, 0) is 23.3 Å². The molecule has 0 heterocycles. The number of benzene rings is 2. The Morgan fingerprint density at radius 1 is 1.17 bits per heavy atom. The van der Waals surface area contributed by atoms with Gasteiger partial charge in [-0.15, -0.1) is 0 Å². The van der Waals surface area contributed by atoms with Gasteiger partial charge in [-0.3, -0.25) is 10.1 Å². The summed E-state index contributed by atoms with van der Waals surface area (Å²) < 4.78 is 5.01. The number of ether oxygens (including phenoxy) is 1. The summed E-state index contributed by atoms with van der Waals surface area (Å²) in [5.41, 5.74) is 1.27. The van der Waals surface area contributed by atoms with Gasteiger partial charge in [-0.25, -0.2) is 4.79 Å². The topological polar surface area (TPSA) is 102 Å². The molecule has 0 spiro atoms. The third-order valence-electron chi connectivity index (χ3n) is 3.14. The van der Waals surface area contributed by atoms with E-state index >= 15 is 0 Å². The number of nitro benzene ring substituents is 1. The smallest absolute Gasteiger partial charge is 0.407 e. The quantitative estimate of drug-likeness (QED) is 0.630. The van der Waals surface area contributed by atoms with E-state index in [-0.39, 0.29) is 18.8 Å². The van der Waals surface area contributed by atoms with Crippen LogP contribution in [0.15, 0.2) is 54.6 Å². The number of nitrogens with zero attached hydrogens (tertiary/aromatic N) is 1. The van der Waals surface area contributed by atoms with E-state index in [1.54, 1.807) is 0 Å². The Morgan fingerprint density at radius 3 is 2.43 bits per heavy atom. The second kappa shape index (κ2) is 7.90. The van der Waals surface area contributed by atoms with Gasteiger partial charge in [0.2, 0.25) is 0 Å². The third kappa shape index (κ3) is 5.08. The van der Waals surface area contributed by atoms with Gasteiger partial charge in [0.15, 0.2) is 0 Å². The summed E-state index contributed by atoms with van der Waals surface area (Å²) in [6.45, 7) is 0.0890. The fourth-order valence-electron chi connectivity index (χ4n) is 1.89. The average molecular weight is 316 g/mol. The number of carbonyl (C=O) groups excluding carboxylic acids is 1. The van der Waals surface area contributed by atoms with Crippen LogP contribution >= 0.6 is 0 Å². The highest BCUT2D eigenvalue weighted by molar-refractivity contribution is 5.67. The van der Waals surface area contributed by atoms with E-state index in [2.05, 4.69) is 5.32 Å². The Bertz CT molecular complexity index is 658. The van der Waals surface area contributed by atoms with Crippen LogP contribution in [0.3, 0.4) is 0 Å². The zero-order valence-electron chi connectivity index (χ0n) is 12.2. The number of carbonyl (C=O) groups is 1. The van der Waals surface area contributed by atoms with E-state index in [1.807, 2.05) is 30.3 Å². The van der Waals surface area contributed by atoms with E-state index in [4.69, 9.17) is 4.74 Å². The molecule has 120 valence electrons. The van der Waals surface area contributed by atoms with Crippen molar-refractivity contribution in [1.29, 1.82) is 0 Å². The lowest BCUT2D eigenvalue weighted by molar-refractivity contribution is -0.384. The van der Waals surface area contributed by atoms with Gasteiger partial charge < -0.3 is 15.2 Å². The predicted molar refractivity (Wildman–Crippen MR) is 82.7 cm³/mol. The largest absolute Gasteiger partial charge is 0.445 e.